The van der Waals surface area contributed by atoms with Crippen molar-refractivity contribution in [2.75, 3.05) is 21.7 Å². The van der Waals surface area contributed by atoms with E-state index in [0.717, 1.165) is 31.8 Å². The Balaban J connectivity index is 0.000000570. The van der Waals surface area contributed by atoms with Crippen LogP contribution in [0.1, 0.15) is 18.4 Å². The fourth-order valence-corrected chi connectivity index (χ4v) is 2.98. The van der Waals surface area contributed by atoms with Gasteiger partial charge in [0, 0.05) is 42.1 Å². The van der Waals surface area contributed by atoms with Gasteiger partial charge in [0.25, 0.3) is 0 Å². The number of aryl methyl sites for hydroxylation is 1. The van der Waals surface area contributed by atoms with Gasteiger partial charge >= 0.3 is 0 Å². The number of benzene rings is 2. The number of aromatic nitrogens is 2. The first-order valence-electron chi connectivity index (χ1n) is 8.47. The molecule has 1 aliphatic heterocycles. The van der Waals surface area contributed by atoms with Gasteiger partial charge in [0.2, 0.25) is 0 Å². The molecule has 0 bridgehead atoms. The lowest BCUT2D eigenvalue weighted by Gasteiger charge is -2.02. The fourth-order valence-electron chi connectivity index (χ4n) is 2.98. The molecule has 0 aliphatic carbocycles. The lowest BCUT2D eigenvalue weighted by atomic mass is 10.1. The summed E-state index contributed by atoms with van der Waals surface area (Å²) >= 11 is 4.30. The second-order valence-electron chi connectivity index (χ2n) is 5.57. The number of amidine groups is 1. The highest BCUT2D eigenvalue weighted by Gasteiger charge is 2.18. The van der Waals surface area contributed by atoms with E-state index in [1.165, 1.54) is 22.0 Å². The molecule has 2 heterocycles. The van der Waals surface area contributed by atoms with Crippen LogP contribution in [0.2, 0.25) is 0 Å². The van der Waals surface area contributed by atoms with Crippen molar-refractivity contribution in [3.63, 3.8) is 0 Å². The Bertz CT molecular complexity index is 824. The molecule has 1 aliphatic rings. The normalized spacial score (nSPS) is 12.8. The smallest absolute Gasteiger partial charge is 0.133 e. The van der Waals surface area contributed by atoms with E-state index in [9.17, 15) is 0 Å². The quantitative estimate of drug-likeness (QED) is 0.238. The summed E-state index contributed by atoms with van der Waals surface area (Å²) in [7, 11) is 0. The predicted molar refractivity (Wildman–Crippen MR) is 130 cm³/mol. The molecular formula is C20H24I2N4. The van der Waals surface area contributed by atoms with Crippen molar-refractivity contribution < 1.29 is 0 Å². The van der Waals surface area contributed by atoms with Crippen LogP contribution in [0.5, 0.6) is 0 Å². The topological polar surface area (TPSA) is 42.2 Å². The van der Waals surface area contributed by atoms with Crippen molar-refractivity contribution in [1.82, 2.24) is 9.55 Å². The molecule has 0 atom stereocenters. The second-order valence-corrected chi connectivity index (χ2v) is 5.57. The maximum atomic E-state index is 4.76. The van der Waals surface area contributed by atoms with Crippen molar-refractivity contribution in [3.05, 3.63) is 60.7 Å². The Morgan fingerprint density at radius 2 is 1.81 bits per heavy atom. The van der Waals surface area contributed by atoms with E-state index in [1.807, 2.05) is 28.6 Å². The Morgan fingerprint density at radius 3 is 2.54 bits per heavy atom. The molecule has 0 spiro atoms. The Hall–Kier alpha value is -1.16. The highest BCUT2D eigenvalue weighted by atomic mass is 127. The molecule has 0 amide bonds. The van der Waals surface area contributed by atoms with Crippen LogP contribution in [0.15, 0.2) is 60.1 Å². The van der Waals surface area contributed by atoms with Crippen LogP contribution in [0.25, 0.3) is 10.8 Å². The van der Waals surface area contributed by atoms with Crippen LogP contribution >= 0.6 is 45.2 Å². The van der Waals surface area contributed by atoms with E-state index in [2.05, 4.69) is 96.4 Å². The number of imidazole rings is 1. The molecule has 2 aromatic carbocycles. The Kier molecular flexibility index (Phi) is 9.38. The SMILES string of the molecule is CI.CI.c1cc2c3c(cccc3c1)C(=NCCCCn1ccnc1)N2. The first kappa shape index (κ1) is 21.1. The Morgan fingerprint density at radius 1 is 1.04 bits per heavy atom. The number of halogens is 2. The number of hydrogen-bond donors (Lipinski definition) is 1. The molecule has 4 rings (SSSR count). The lowest BCUT2D eigenvalue weighted by Crippen LogP contribution is -2.08. The molecule has 3 aromatic rings. The summed E-state index contributed by atoms with van der Waals surface area (Å²) in [6.07, 6.45) is 7.88. The molecule has 4 nitrogen and oxygen atoms in total. The van der Waals surface area contributed by atoms with Crippen LogP contribution < -0.4 is 5.32 Å². The molecule has 26 heavy (non-hydrogen) atoms. The number of anilines is 1. The zero-order chi connectivity index (χ0) is 18.8. The minimum absolute atomic E-state index is 0.849. The average Bonchev–Trinajstić information content (AvgIpc) is 3.35. The fraction of sp³-hybridized carbons (Fsp3) is 0.300. The van der Waals surface area contributed by atoms with E-state index >= 15 is 0 Å². The minimum atomic E-state index is 0.849. The van der Waals surface area contributed by atoms with Gasteiger partial charge in [-0.1, -0.05) is 75.5 Å². The predicted octanol–water partition coefficient (Wildman–Crippen LogP) is 5.79. The van der Waals surface area contributed by atoms with Crippen molar-refractivity contribution >= 4 is 67.5 Å². The van der Waals surface area contributed by atoms with E-state index in [4.69, 9.17) is 4.99 Å². The highest BCUT2D eigenvalue weighted by Crippen LogP contribution is 2.32. The van der Waals surface area contributed by atoms with Crippen molar-refractivity contribution in [1.29, 1.82) is 0 Å². The maximum absolute atomic E-state index is 4.76. The summed E-state index contributed by atoms with van der Waals surface area (Å²) in [6, 6.07) is 12.8. The van der Waals surface area contributed by atoms with Crippen molar-refractivity contribution in [2.45, 2.75) is 19.4 Å². The number of aliphatic imine (C=N–C) groups is 1. The molecule has 6 heteroatoms. The summed E-state index contributed by atoms with van der Waals surface area (Å²) in [6.45, 7) is 1.86. The summed E-state index contributed by atoms with van der Waals surface area (Å²) in [5, 5.41) is 6.01. The zero-order valence-electron chi connectivity index (χ0n) is 15.1. The number of nitrogens with zero attached hydrogens (tertiary/aromatic N) is 3. The highest BCUT2D eigenvalue weighted by molar-refractivity contribution is 14.1. The van der Waals surface area contributed by atoms with Gasteiger partial charge in [0.15, 0.2) is 0 Å². The zero-order valence-corrected chi connectivity index (χ0v) is 19.4. The third-order valence-electron chi connectivity index (χ3n) is 4.07. The molecule has 0 fully saturated rings. The lowest BCUT2D eigenvalue weighted by molar-refractivity contribution is 0.615. The van der Waals surface area contributed by atoms with E-state index in [1.54, 1.807) is 0 Å². The third kappa shape index (κ3) is 5.18. The van der Waals surface area contributed by atoms with Gasteiger partial charge in [-0.3, -0.25) is 4.99 Å². The molecule has 0 radical (unpaired) electrons. The first-order chi connectivity index (χ1) is 12.9. The standard InChI is InChI=1S/C18H18N4.2CH3I/c1(2-11-22-12-10-19-13-22)9-20-18-15-7-3-5-14-6-4-8-16(21-18)17(14)15;2*1-2/h3-8,10,12-13H,1-2,9,11H2,(H,20,21);2*1H3. The molecule has 0 saturated carbocycles. The van der Waals surface area contributed by atoms with Crippen LogP contribution in [-0.4, -0.2) is 31.8 Å². The number of nitrogens with one attached hydrogen (secondary N) is 1. The molecule has 0 unspecified atom stereocenters. The van der Waals surface area contributed by atoms with Gasteiger partial charge < -0.3 is 9.88 Å². The molecular weight excluding hydrogens is 550 g/mol. The number of rotatable bonds is 5. The molecule has 1 aromatic heterocycles. The van der Waals surface area contributed by atoms with E-state index < -0.39 is 0 Å². The summed E-state index contributed by atoms with van der Waals surface area (Å²) < 4.78 is 2.11. The number of hydrogen-bond acceptors (Lipinski definition) is 2. The number of alkyl halides is 2. The van der Waals surface area contributed by atoms with Crippen LogP contribution in [0.3, 0.4) is 0 Å². The van der Waals surface area contributed by atoms with Crippen LogP contribution in [0.4, 0.5) is 5.69 Å². The molecule has 1 N–H and O–H groups in total. The monoisotopic (exact) mass is 574 g/mol. The molecule has 0 saturated heterocycles. The maximum Gasteiger partial charge on any atom is 0.133 e. The minimum Gasteiger partial charge on any atom is -0.339 e. The molecule has 138 valence electrons. The van der Waals surface area contributed by atoms with Crippen molar-refractivity contribution in [2.24, 2.45) is 4.99 Å². The summed E-state index contributed by atoms with van der Waals surface area (Å²) in [4.78, 5) is 12.8. The van der Waals surface area contributed by atoms with E-state index in [0.29, 0.717) is 0 Å². The van der Waals surface area contributed by atoms with Gasteiger partial charge in [-0.2, -0.15) is 0 Å². The largest absolute Gasteiger partial charge is 0.339 e. The van der Waals surface area contributed by atoms with Gasteiger partial charge in [-0.05, 0) is 34.2 Å². The van der Waals surface area contributed by atoms with Crippen LogP contribution in [0, 0.1) is 0 Å². The van der Waals surface area contributed by atoms with Crippen molar-refractivity contribution in [3.8, 4) is 0 Å². The van der Waals surface area contributed by atoms with Gasteiger partial charge in [0.05, 0.1) is 6.33 Å². The van der Waals surface area contributed by atoms with Gasteiger partial charge in [-0.25, -0.2) is 4.98 Å². The van der Waals surface area contributed by atoms with Gasteiger partial charge in [-0.15, -0.1) is 0 Å². The van der Waals surface area contributed by atoms with E-state index in [-0.39, 0.29) is 0 Å². The third-order valence-corrected chi connectivity index (χ3v) is 4.07. The van der Waals surface area contributed by atoms with Gasteiger partial charge in [0.1, 0.15) is 5.84 Å². The summed E-state index contributed by atoms with van der Waals surface area (Å²) in [5.74, 6) is 1.01. The Labute approximate surface area is 182 Å². The van der Waals surface area contributed by atoms with Crippen LogP contribution in [-0.2, 0) is 6.54 Å². The average molecular weight is 574 g/mol. The summed E-state index contributed by atoms with van der Waals surface area (Å²) in [5.41, 5.74) is 2.40. The number of unbranched alkanes of at least 4 members (excludes halogenated alkanes) is 1. The second kappa shape index (κ2) is 11.5. The first-order valence-corrected chi connectivity index (χ1v) is 12.8.